The Hall–Kier alpha value is -1.46. The van der Waals surface area contributed by atoms with E-state index in [2.05, 4.69) is 4.98 Å². The van der Waals surface area contributed by atoms with Crippen LogP contribution in [0.5, 0.6) is 5.75 Å². The number of benzene rings is 1. The van der Waals surface area contributed by atoms with Gasteiger partial charge in [-0.2, -0.15) is 0 Å². The Morgan fingerprint density at radius 1 is 1.47 bits per heavy atom. The number of halogens is 1. The van der Waals surface area contributed by atoms with Gasteiger partial charge in [-0.05, 0) is 25.5 Å². The summed E-state index contributed by atoms with van der Waals surface area (Å²) in [7, 11) is 0. The molecule has 1 heterocycles. The van der Waals surface area contributed by atoms with Crippen molar-refractivity contribution >= 4 is 11.3 Å². The molecule has 0 saturated heterocycles. The number of aryl methyl sites for hydroxylation is 1. The molecular formula is C14H16FNO2S. The molecule has 0 amide bonds. The van der Waals surface area contributed by atoms with Gasteiger partial charge in [-0.25, -0.2) is 9.37 Å². The molecule has 2 rings (SSSR count). The molecule has 2 aromatic rings. The number of aliphatic hydroxyl groups excluding tert-OH is 1. The normalized spacial score (nSPS) is 12.4. The van der Waals surface area contributed by atoms with Crippen molar-refractivity contribution in [1.29, 1.82) is 0 Å². The maximum atomic E-state index is 13.2. The van der Waals surface area contributed by atoms with Crippen LogP contribution < -0.4 is 4.74 Å². The molecule has 102 valence electrons. The van der Waals surface area contributed by atoms with Gasteiger partial charge in [-0.1, -0.05) is 6.92 Å². The average molecular weight is 281 g/mol. The van der Waals surface area contributed by atoms with E-state index in [0.717, 1.165) is 17.1 Å². The molecule has 0 radical (unpaired) electrons. The predicted octanol–water partition coefficient (Wildman–Crippen LogP) is 3.48. The molecule has 1 atom stereocenters. The Balaban J connectivity index is 2.12. The van der Waals surface area contributed by atoms with Gasteiger partial charge in [0.2, 0.25) is 0 Å². The van der Waals surface area contributed by atoms with Gasteiger partial charge in [0.1, 0.15) is 18.2 Å². The summed E-state index contributed by atoms with van der Waals surface area (Å²) in [4.78, 5) is 4.38. The minimum absolute atomic E-state index is 0.277. The van der Waals surface area contributed by atoms with E-state index < -0.39 is 6.10 Å². The molecule has 5 heteroatoms. The van der Waals surface area contributed by atoms with E-state index >= 15 is 0 Å². The summed E-state index contributed by atoms with van der Waals surface area (Å²) < 4.78 is 18.8. The highest BCUT2D eigenvalue weighted by Gasteiger charge is 2.11. The van der Waals surface area contributed by atoms with Crippen LogP contribution in [-0.2, 0) is 13.0 Å². The van der Waals surface area contributed by atoms with Crippen molar-refractivity contribution in [2.75, 3.05) is 0 Å². The lowest BCUT2D eigenvalue weighted by atomic mass is 10.1. The first-order valence-corrected chi connectivity index (χ1v) is 7.01. The van der Waals surface area contributed by atoms with Crippen LogP contribution in [0.1, 0.15) is 36.2 Å². The molecule has 0 fully saturated rings. The molecule has 1 aromatic heterocycles. The molecule has 1 N–H and O–H groups in total. The topological polar surface area (TPSA) is 42.4 Å². The van der Waals surface area contributed by atoms with Crippen LogP contribution in [0.15, 0.2) is 23.6 Å². The molecular weight excluding hydrogens is 265 g/mol. The zero-order valence-electron chi connectivity index (χ0n) is 10.9. The van der Waals surface area contributed by atoms with Crippen molar-refractivity contribution in [3.8, 4) is 5.75 Å². The second-order valence-electron chi connectivity index (χ2n) is 4.23. The molecule has 0 aliphatic carbocycles. The molecule has 0 spiro atoms. The van der Waals surface area contributed by atoms with Gasteiger partial charge in [0.15, 0.2) is 0 Å². The first-order valence-electron chi connectivity index (χ1n) is 6.13. The van der Waals surface area contributed by atoms with Crippen LogP contribution >= 0.6 is 11.3 Å². The fraction of sp³-hybridized carbons (Fsp3) is 0.357. The number of hydrogen-bond donors (Lipinski definition) is 1. The van der Waals surface area contributed by atoms with Crippen LogP contribution in [-0.4, -0.2) is 10.1 Å². The number of rotatable bonds is 5. The lowest BCUT2D eigenvalue weighted by Gasteiger charge is -2.12. The number of hydrogen-bond acceptors (Lipinski definition) is 4. The van der Waals surface area contributed by atoms with E-state index in [1.165, 1.54) is 18.2 Å². The zero-order chi connectivity index (χ0) is 13.8. The summed E-state index contributed by atoms with van der Waals surface area (Å²) in [6.07, 6.45) is 0.195. The highest BCUT2D eigenvalue weighted by Crippen LogP contribution is 2.27. The molecule has 0 saturated carbocycles. The third-order valence-electron chi connectivity index (χ3n) is 2.70. The molecule has 0 aliphatic rings. The summed E-state index contributed by atoms with van der Waals surface area (Å²) >= 11 is 1.58. The molecule has 0 bridgehead atoms. The summed E-state index contributed by atoms with van der Waals surface area (Å²) in [6.45, 7) is 3.94. The van der Waals surface area contributed by atoms with Crippen LogP contribution in [0.3, 0.4) is 0 Å². The summed E-state index contributed by atoms with van der Waals surface area (Å²) in [5.74, 6) is -0.0204. The van der Waals surface area contributed by atoms with E-state index in [9.17, 15) is 9.50 Å². The number of ether oxygens (including phenoxy) is 1. The number of aliphatic hydroxyl groups is 1. The number of nitrogens with zero attached hydrogens (tertiary/aromatic N) is 1. The SMILES string of the molecule is CCc1nc(COc2cc(F)ccc2C(C)O)cs1. The quantitative estimate of drug-likeness (QED) is 0.912. The minimum atomic E-state index is -0.697. The Morgan fingerprint density at radius 2 is 2.26 bits per heavy atom. The van der Waals surface area contributed by atoms with Gasteiger partial charge in [0.25, 0.3) is 0 Å². The average Bonchev–Trinajstić information content (AvgIpc) is 2.84. The van der Waals surface area contributed by atoms with Crippen molar-refractivity contribution in [3.05, 3.63) is 45.7 Å². The number of thiazole rings is 1. The molecule has 3 nitrogen and oxygen atoms in total. The monoisotopic (exact) mass is 281 g/mol. The molecule has 1 aromatic carbocycles. The molecule has 1 unspecified atom stereocenters. The lowest BCUT2D eigenvalue weighted by molar-refractivity contribution is 0.189. The second kappa shape index (κ2) is 6.12. The van der Waals surface area contributed by atoms with Crippen LogP contribution in [0.2, 0.25) is 0 Å². The molecule has 0 aliphatic heterocycles. The van der Waals surface area contributed by atoms with Gasteiger partial charge >= 0.3 is 0 Å². The van der Waals surface area contributed by atoms with Crippen LogP contribution in [0.4, 0.5) is 4.39 Å². The second-order valence-corrected chi connectivity index (χ2v) is 5.18. The summed E-state index contributed by atoms with van der Waals surface area (Å²) in [5.41, 5.74) is 1.40. The molecule has 19 heavy (non-hydrogen) atoms. The van der Waals surface area contributed by atoms with E-state index in [0.29, 0.717) is 11.3 Å². The lowest BCUT2D eigenvalue weighted by Crippen LogP contribution is -2.02. The van der Waals surface area contributed by atoms with Gasteiger partial charge in [-0.3, -0.25) is 0 Å². The van der Waals surface area contributed by atoms with E-state index in [4.69, 9.17) is 4.74 Å². The van der Waals surface area contributed by atoms with Crippen molar-refractivity contribution in [2.45, 2.75) is 33.0 Å². The van der Waals surface area contributed by atoms with Gasteiger partial charge in [0, 0.05) is 17.0 Å². The summed E-state index contributed by atoms with van der Waals surface area (Å²) in [6, 6.07) is 4.13. The third-order valence-corrected chi connectivity index (χ3v) is 3.74. The predicted molar refractivity (Wildman–Crippen MR) is 72.9 cm³/mol. The van der Waals surface area contributed by atoms with Crippen molar-refractivity contribution in [2.24, 2.45) is 0 Å². The number of aromatic nitrogens is 1. The van der Waals surface area contributed by atoms with E-state index in [1.807, 2.05) is 12.3 Å². The Bertz CT molecular complexity index is 554. The van der Waals surface area contributed by atoms with Crippen molar-refractivity contribution < 1.29 is 14.2 Å². The fourth-order valence-electron chi connectivity index (χ4n) is 1.71. The standard InChI is InChI=1S/C14H16FNO2S/c1-3-14-16-11(8-19-14)7-18-13-6-10(15)4-5-12(13)9(2)17/h4-6,8-9,17H,3,7H2,1-2H3. The first kappa shape index (κ1) is 14.0. The third kappa shape index (κ3) is 3.52. The smallest absolute Gasteiger partial charge is 0.131 e. The maximum absolute atomic E-state index is 13.2. The van der Waals surface area contributed by atoms with Crippen LogP contribution in [0, 0.1) is 5.82 Å². The van der Waals surface area contributed by atoms with Gasteiger partial charge in [-0.15, -0.1) is 11.3 Å². The van der Waals surface area contributed by atoms with Crippen molar-refractivity contribution in [3.63, 3.8) is 0 Å². The minimum Gasteiger partial charge on any atom is -0.487 e. The van der Waals surface area contributed by atoms with Gasteiger partial charge < -0.3 is 9.84 Å². The Kier molecular flexibility index (Phi) is 4.50. The highest BCUT2D eigenvalue weighted by atomic mass is 32.1. The first-order chi connectivity index (χ1) is 9.10. The van der Waals surface area contributed by atoms with E-state index in [1.54, 1.807) is 18.3 Å². The Morgan fingerprint density at radius 3 is 2.89 bits per heavy atom. The van der Waals surface area contributed by atoms with Gasteiger partial charge in [0.05, 0.1) is 16.8 Å². The maximum Gasteiger partial charge on any atom is 0.131 e. The fourth-order valence-corrected chi connectivity index (χ4v) is 2.44. The highest BCUT2D eigenvalue weighted by molar-refractivity contribution is 7.09. The van der Waals surface area contributed by atoms with E-state index in [-0.39, 0.29) is 12.4 Å². The largest absolute Gasteiger partial charge is 0.487 e. The zero-order valence-corrected chi connectivity index (χ0v) is 11.7. The van der Waals surface area contributed by atoms with Crippen LogP contribution in [0.25, 0.3) is 0 Å². The summed E-state index contributed by atoms with van der Waals surface area (Å²) in [5, 5.41) is 12.6. The van der Waals surface area contributed by atoms with Crippen molar-refractivity contribution in [1.82, 2.24) is 4.98 Å². The Labute approximate surface area is 115 Å².